The monoisotopic (exact) mass is 264 g/mol. The van der Waals surface area contributed by atoms with Crippen LogP contribution in [-0.4, -0.2) is 48.6 Å². The highest BCUT2D eigenvalue weighted by molar-refractivity contribution is 5.89. The molecule has 0 aliphatic carbocycles. The lowest BCUT2D eigenvalue weighted by Crippen LogP contribution is -2.42. The lowest BCUT2D eigenvalue weighted by molar-refractivity contribution is -0.124. The number of amides is 1. The van der Waals surface area contributed by atoms with Crippen molar-refractivity contribution in [2.45, 2.75) is 19.4 Å². The summed E-state index contributed by atoms with van der Waals surface area (Å²) < 4.78 is 0. The summed E-state index contributed by atoms with van der Waals surface area (Å²) in [4.78, 5) is 24.5. The van der Waals surface area contributed by atoms with E-state index in [1.54, 1.807) is 19.2 Å². The summed E-state index contributed by atoms with van der Waals surface area (Å²) >= 11 is 0. The molecule has 5 heteroatoms. The Morgan fingerprint density at radius 2 is 2.00 bits per heavy atom. The Morgan fingerprint density at radius 1 is 1.37 bits per heavy atom. The van der Waals surface area contributed by atoms with Crippen LogP contribution in [0.15, 0.2) is 24.3 Å². The fraction of sp³-hybridized carbons (Fsp3) is 0.429. The first-order chi connectivity index (χ1) is 8.97. The minimum absolute atomic E-state index is 0.0472. The summed E-state index contributed by atoms with van der Waals surface area (Å²) in [7, 11) is 3.45. The first-order valence-corrected chi connectivity index (χ1v) is 6.20. The van der Waals surface area contributed by atoms with Crippen molar-refractivity contribution >= 4 is 11.9 Å². The Labute approximate surface area is 113 Å². The molecule has 1 rings (SSSR count). The number of carboxylic acid groups (broad SMARTS) is 1. The van der Waals surface area contributed by atoms with Crippen LogP contribution in [0.3, 0.4) is 0 Å². The molecule has 0 aromatic heterocycles. The number of benzene rings is 1. The Balaban J connectivity index is 2.67. The number of carbonyl (C=O) groups is 2. The van der Waals surface area contributed by atoms with Gasteiger partial charge in [-0.25, -0.2) is 4.79 Å². The quantitative estimate of drug-likeness (QED) is 0.804. The van der Waals surface area contributed by atoms with Crippen LogP contribution < -0.4 is 5.32 Å². The molecule has 0 saturated carbocycles. The molecular formula is C14H20N2O3. The molecule has 19 heavy (non-hydrogen) atoms. The molecule has 0 aliphatic rings. The van der Waals surface area contributed by atoms with E-state index in [9.17, 15) is 9.59 Å². The fourth-order valence-electron chi connectivity index (χ4n) is 1.85. The predicted octanol–water partition coefficient (Wildman–Crippen LogP) is 0.994. The second-order valence-corrected chi connectivity index (χ2v) is 4.48. The van der Waals surface area contributed by atoms with Crippen molar-refractivity contribution in [1.82, 2.24) is 10.2 Å². The highest BCUT2D eigenvalue weighted by Crippen LogP contribution is 2.10. The van der Waals surface area contributed by atoms with Crippen molar-refractivity contribution in [1.29, 1.82) is 0 Å². The summed E-state index contributed by atoms with van der Waals surface area (Å²) in [5.41, 5.74) is 1.11. The molecule has 1 aromatic carbocycles. The zero-order chi connectivity index (χ0) is 14.4. The fourth-order valence-corrected chi connectivity index (χ4v) is 1.85. The van der Waals surface area contributed by atoms with Gasteiger partial charge in [0.15, 0.2) is 0 Å². The van der Waals surface area contributed by atoms with E-state index in [0.29, 0.717) is 18.5 Å². The molecule has 0 spiro atoms. The second-order valence-electron chi connectivity index (χ2n) is 4.48. The molecular weight excluding hydrogens is 244 g/mol. The van der Waals surface area contributed by atoms with Crippen molar-refractivity contribution in [3.05, 3.63) is 35.4 Å². The first kappa shape index (κ1) is 15.2. The van der Waals surface area contributed by atoms with Crippen LogP contribution in [0.25, 0.3) is 0 Å². The van der Waals surface area contributed by atoms with Crippen molar-refractivity contribution in [3.8, 4) is 0 Å². The van der Waals surface area contributed by atoms with Gasteiger partial charge in [0.25, 0.3) is 0 Å². The Morgan fingerprint density at radius 3 is 2.58 bits per heavy atom. The minimum atomic E-state index is -0.919. The third-order valence-corrected chi connectivity index (χ3v) is 3.27. The number of carbonyl (C=O) groups excluding carboxylic acids is 1. The highest BCUT2D eigenvalue weighted by atomic mass is 16.4. The summed E-state index contributed by atoms with van der Waals surface area (Å²) in [5, 5.41) is 11.7. The standard InChI is InChI=1S/C14H20N2O3/c1-10(13(17)15-2)16(3)9-8-11-6-4-5-7-12(11)14(18)19/h4-7,10H,8-9H2,1-3H3,(H,15,17)(H,18,19). The Hall–Kier alpha value is -1.88. The van der Waals surface area contributed by atoms with Crippen molar-refractivity contribution in [2.24, 2.45) is 0 Å². The maximum atomic E-state index is 11.5. The summed E-state index contributed by atoms with van der Waals surface area (Å²) in [6.07, 6.45) is 0.598. The summed E-state index contributed by atoms with van der Waals surface area (Å²) in [5.74, 6) is -0.966. The second kappa shape index (κ2) is 6.89. The third-order valence-electron chi connectivity index (χ3n) is 3.27. The minimum Gasteiger partial charge on any atom is -0.478 e. The number of likely N-dealkylation sites (N-methyl/N-ethyl adjacent to an activating group) is 2. The summed E-state index contributed by atoms with van der Waals surface area (Å²) in [6, 6.07) is 6.71. The number of aromatic carboxylic acids is 1. The Kier molecular flexibility index (Phi) is 5.51. The van der Waals surface area contributed by atoms with Crippen LogP contribution in [0.2, 0.25) is 0 Å². The van der Waals surface area contributed by atoms with Crippen molar-refractivity contribution in [3.63, 3.8) is 0 Å². The average Bonchev–Trinajstić information content (AvgIpc) is 2.43. The van der Waals surface area contributed by atoms with Crippen molar-refractivity contribution < 1.29 is 14.7 Å². The van der Waals surface area contributed by atoms with Crippen LogP contribution in [0, 0.1) is 0 Å². The van der Waals surface area contributed by atoms with Crippen LogP contribution in [-0.2, 0) is 11.2 Å². The van der Waals surface area contributed by atoms with Gasteiger partial charge in [0.1, 0.15) is 0 Å². The topological polar surface area (TPSA) is 69.6 Å². The van der Waals surface area contributed by atoms with Gasteiger partial charge in [-0.3, -0.25) is 9.69 Å². The summed E-state index contributed by atoms with van der Waals surface area (Å²) in [6.45, 7) is 2.45. The zero-order valence-corrected chi connectivity index (χ0v) is 11.5. The molecule has 1 aromatic rings. The van der Waals surface area contributed by atoms with E-state index in [-0.39, 0.29) is 11.9 Å². The number of nitrogens with one attached hydrogen (secondary N) is 1. The van der Waals surface area contributed by atoms with Gasteiger partial charge in [-0.05, 0) is 32.0 Å². The maximum Gasteiger partial charge on any atom is 0.335 e. The molecule has 0 saturated heterocycles. The van der Waals surface area contributed by atoms with E-state index in [1.807, 2.05) is 31.0 Å². The first-order valence-electron chi connectivity index (χ1n) is 6.20. The van der Waals surface area contributed by atoms with Crippen LogP contribution in [0.4, 0.5) is 0 Å². The van der Waals surface area contributed by atoms with Crippen LogP contribution in [0.5, 0.6) is 0 Å². The number of carboxylic acids is 1. The van der Waals surface area contributed by atoms with Gasteiger partial charge in [0, 0.05) is 13.6 Å². The van der Waals surface area contributed by atoms with Crippen LogP contribution in [0.1, 0.15) is 22.8 Å². The molecule has 5 nitrogen and oxygen atoms in total. The van der Waals surface area contributed by atoms with E-state index in [1.165, 1.54) is 0 Å². The highest BCUT2D eigenvalue weighted by Gasteiger charge is 2.17. The lowest BCUT2D eigenvalue weighted by Gasteiger charge is -2.23. The molecule has 1 atom stereocenters. The zero-order valence-electron chi connectivity index (χ0n) is 11.5. The maximum absolute atomic E-state index is 11.5. The molecule has 0 heterocycles. The van der Waals surface area contributed by atoms with E-state index in [2.05, 4.69) is 5.32 Å². The lowest BCUT2D eigenvalue weighted by atomic mass is 10.0. The van der Waals surface area contributed by atoms with Gasteiger partial charge in [-0.1, -0.05) is 18.2 Å². The largest absolute Gasteiger partial charge is 0.478 e. The number of nitrogens with zero attached hydrogens (tertiary/aromatic N) is 1. The van der Waals surface area contributed by atoms with E-state index in [0.717, 1.165) is 5.56 Å². The van der Waals surface area contributed by atoms with Crippen LogP contribution >= 0.6 is 0 Å². The number of hydrogen-bond acceptors (Lipinski definition) is 3. The molecule has 0 radical (unpaired) electrons. The molecule has 2 N–H and O–H groups in total. The van der Waals surface area contributed by atoms with Gasteiger partial charge in [-0.15, -0.1) is 0 Å². The Bertz CT molecular complexity index is 460. The number of hydrogen-bond donors (Lipinski definition) is 2. The molecule has 0 fully saturated rings. The van der Waals surface area contributed by atoms with Gasteiger partial charge in [0.05, 0.1) is 11.6 Å². The molecule has 0 aliphatic heterocycles. The van der Waals surface area contributed by atoms with E-state index >= 15 is 0 Å². The van der Waals surface area contributed by atoms with Gasteiger partial charge in [-0.2, -0.15) is 0 Å². The van der Waals surface area contributed by atoms with Gasteiger partial charge < -0.3 is 10.4 Å². The van der Waals surface area contributed by atoms with E-state index < -0.39 is 5.97 Å². The SMILES string of the molecule is CNC(=O)C(C)N(C)CCc1ccccc1C(=O)O. The molecule has 1 unspecified atom stereocenters. The smallest absolute Gasteiger partial charge is 0.335 e. The predicted molar refractivity (Wildman–Crippen MR) is 73.3 cm³/mol. The molecule has 104 valence electrons. The number of rotatable bonds is 6. The molecule has 0 bridgehead atoms. The molecule has 1 amide bonds. The van der Waals surface area contributed by atoms with Crippen molar-refractivity contribution in [2.75, 3.05) is 20.6 Å². The third kappa shape index (κ3) is 4.06. The van der Waals surface area contributed by atoms with Gasteiger partial charge in [0.2, 0.25) is 5.91 Å². The van der Waals surface area contributed by atoms with E-state index in [4.69, 9.17) is 5.11 Å². The normalized spacial score (nSPS) is 12.2. The average molecular weight is 264 g/mol. The van der Waals surface area contributed by atoms with Gasteiger partial charge >= 0.3 is 5.97 Å².